The first kappa shape index (κ1) is 21.6. The second-order valence-electron chi connectivity index (χ2n) is 6.44. The average molecular weight is 398 g/mol. The van der Waals surface area contributed by atoms with Gasteiger partial charge in [-0.2, -0.15) is 13.2 Å². The third-order valence-corrected chi connectivity index (χ3v) is 3.97. The van der Waals surface area contributed by atoms with Crippen LogP contribution in [0.15, 0.2) is 33.8 Å². The molecule has 154 valence electrons. The molecule has 0 aliphatic heterocycles. The maximum absolute atomic E-state index is 13.3. The molecular formula is C19H25F3N4O2. The van der Waals surface area contributed by atoms with Crippen LogP contribution in [0.25, 0.3) is 0 Å². The van der Waals surface area contributed by atoms with E-state index in [9.17, 15) is 13.2 Å². The normalized spacial score (nSPS) is 12.4. The molecule has 0 saturated heterocycles. The van der Waals surface area contributed by atoms with E-state index in [0.717, 1.165) is 11.8 Å². The first-order chi connectivity index (χ1) is 13.2. The number of rotatable bonds is 7. The van der Waals surface area contributed by atoms with Crippen LogP contribution >= 0.6 is 0 Å². The zero-order valence-corrected chi connectivity index (χ0v) is 16.4. The summed E-state index contributed by atoms with van der Waals surface area (Å²) < 4.78 is 50.1. The highest BCUT2D eigenvalue weighted by atomic mass is 19.4. The number of aromatic nitrogens is 1. The monoisotopic (exact) mass is 398 g/mol. The lowest BCUT2D eigenvalue weighted by Crippen LogP contribution is -2.36. The van der Waals surface area contributed by atoms with E-state index in [-0.39, 0.29) is 23.8 Å². The summed E-state index contributed by atoms with van der Waals surface area (Å²) in [4.78, 5) is 4.26. The van der Waals surface area contributed by atoms with E-state index in [0.29, 0.717) is 24.8 Å². The standard InChI is InChI=1S/C19H25F3N4O2/c1-5-23-18(25-11-15-9-17(12(2)3)26-28-15)24-10-13-6-7-14(27-4)8-16(13)19(20,21)22/h6-9,12H,5,10-11H2,1-4H3,(H2,23,24,25). The highest BCUT2D eigenvalue weighted by Crippen LogP contribution is 2.34. The molecule has 2 N–H and O–H groups in total. The van der Waals surface area contributed by atoms with Crippen LogP contribution in [0.2, 0.25) is 0 Å². The molecular weight excluding hydrogens is 373 g/mol. The van der Waals surface area contributed by atoms with Crippen LogP contribution in [0.4, 0.5) is 13.2 Å². The number of aliphatic imine (C=N–C) groups is 1. The van der Waals surface area contributed by atoms with E-state index >= 15 is 0 Å². The Kier molecular flexibility index (Phi) is 7.31. The van der Waals surface area contributed by atoms with Crippen LogP contribution in [-0.2, 0) is 19.3 Å². The molecule has 0 aliphatic carbocycles. The van der Waals surface area contributed by atoms with Crippen molar-refractivity contribution >= 4 is 5.96 Å². The van der Waals surface area contributed by atoms with Crippen LogP contribution in [0.5, 0.6) is 5.75 Å². The fourth-order valence-corrected chi connectivity index (χ4v) is 2.45. The molecule has 0 spiro atoms. The fourth-order valence-electron chi connectivity index (χ4n) is 2.45. The molecule has 0 amide bonds. The molecule has 2 aromatic rings. The Balaban J connectivity index is 2.13. The van der Waals surface area contributed by atoms with Crippen molar-refractivity contribution in [2.75, 3.05) is 13.7 Å². The van der Waals surface area contributed by atoms with E-state index < -0.39 is 11.7 Å². The first-order valence-electron chi connectivity index (χ1n) is 8.96. The number of hydrogen-bond acceptors (Lipinski definition) is 4. The van der Waals surface area contributed by atoms with Crippen LogP contribution < -0.4 is 15.4 Å². The summed E-state index contributed by atoms with van der Waals surface area (Å²) in [5.74, 6) is 1.40. The molecule has 1 heterocycles. The van der Waals surface area contributed by atoms with Crippen molar-refractivity contribution in [3.8, 4) is 5.75 Å². The van der Waals surface area contributed by atoms with Gasteiger partial charge in [0.05, 0.1) is 31.5 Å². The number of ether oxygens (including phenoxy) is 1. The van der Waals surface area contributed by atoms with Gasteiger partial charge in [0, 0.05) is 12.6 Å². The summed E-state index contributed by atoms with van der Waals surface area (Å²) in [6, 6.07) is 5.68. The van der Waals surface area contributed by atoms with Gasteiger partial charge in [-0.1, -0.05) is 25.1 Å². The molecule has 0 radical (unpaired) electrons. The van der Waals surface area contributed by atoms with Gasteiger partial charge in [0.2, 0.25) is 0 Å². The second-order valence-corrected chi connectivity index (χ2v) is 6.44. The Morgan fingerprint density at radius 3 is 2.57 bits per heavy atom. The van der Waals surface area contributed by atoms with Gasteiger partial charge in [-0.3, -0.25) is 0 Å². The molecule has 6 nitrogen and oxygen atoms in total. The van der Waals surface area contributed by atoms with Gasteiger partial charge in [-0.05, 0) is 30.5 Å². The summed E-state index contributed by atoms with van der Waals surface area (Å²) in [7, 11) is 1.33. The highest BCUT2D eigenvalue weighted by Gasteiger charge is 2.33. The van der Waals surface area contributed by atoms with Crippen molar-refractivity contribution in [3.63, 3.8) is 0 Å². The van der Waals surface area contributed by atoms with Gasteiger partial charge in [-0.15, -0.1) is 0 Å². The van der Waals surface area contributed by atoms with Crippen LogP contribution in [-0.4, -0.2) is 24.8 Å². The minimum Gasteiger partial charge on any atom is -0.497 e. The third kappa shape index (κ3) is 5.90. The molecule has 9 heteroatoms. The molecule has 2 rings (SSSR count). The quantitative estimate of drug-likeness (QED) is 0.543. The largest absolute Gasteiger partial charge is 0.497 e. The summed E-state index contributed by atoms with van der Waals surface area (Å²) in [5, 5.41) is 10.0. The highest BCUT2D eigenvalue weighted by molar-refractivity contribution is 5.79. The van der Waals surface area contributed by atoms with E-state index in [1.54, 1.807) is 0 Å². The number of guanidine groups is 1. The average Bonchev–Trinajstić information content (AvgIpc) is 3.12. The van der Waals surface area contributed by atoms with Gasteiger partial charge in [0.15, 0.2) is 11.7 Å². The Bertz CT molecular complexity index is 801. The molecule has 1 aromatic carbocycles. The van der Waals surface area contributed by atoms with E-state index in [4.69, 9.17) is 9.26 Å². The summed E-state index contributed by atoms with van der Waals surface area (Å²) in [5.41, 5.74) is 0.141. The first-order valence-corrected chi connectivity index (χ1v) is 8.96. The van der Waals surface area contributed by atoms with E-state index in [2.05, 4.69) is 20.8 Å². The maximum Gasteiger partial charge on any atom is 0.416 e. The molecule has 0 aliphatic rings. The lowest BCUT2D eigenvalue weighted by atomic mass is 10.1. The smallest absolute Gasteiger partial charge is 0.416 e. The SMILES string of the molecule is CCNC(=NCc1ccc(OC)cc1C(F)(F)F)NCc1cc(C(C)C)no1. The lowest BCUT2D eigenvalue weighted by Gasteiger charge is -2.14. The predicted molar refractivity (Wildman–Crippen MR) is 100 cm³/mol. The van der Waals surface area contributed by atoms with Crippen molar-refractivity contribution in [2.24, 2.45) is 4.99 Å². The number of hydrogen-bond donors (Lipinski definition) is 2. The summed E-state index contributed by atoms with van der Waals surface area (Å²) in [6.07, 6.45) is -4.49. The number of nitrogens with zero attached hydrogens (tertiary/aromatic N) is 2. The summed E-state index contributed by atoms with van der Waals surface area (Å²) in [6.45, 7) is 6.63. The number of halogens is 3. The van der Waals surface area contributed by atoms with Crippen molar-refractivity contribution in [2.45, 2.75) is 46.0 Å². The number of nitrogens with one attached hydrogen (secondary N) is 2. The van der Waals surface area contributed by atoms with E-state index in [1.165, 1.54) is 19.2 Å². The zero-order chi connectivity index (χ0) is 20.7. The molecule has 0 unspecified atom stereocenters. The van der Waals surface area contributed by atoms with Gasteiger partial charge in [0.1, 0.15) is 5.75 Å². The van der Waals surface area contributed by atoms with E-state index in [1.807, 2.05) is 26.8 Å². The lowest BCUT2D eigenvalue weighted by molar-refractivity contribution is -0.138. The number of alkyl halides is 3. The molecule has 28 heavy (non-hydrogen) atoms. The second kappa shape index (κ2) is 9.48. The fraction of sp³-hybridized carbons (Fsp3) is 0.474. The third-order valence-electron chi connectivity index (χ3n) is 3.97. The predicted octanol–water partition coefficient (Wildman–Crippen LogP) is 4.08. The number of methoxy groups -OCH3 is 1. The molecule has 0 bridgehead atoms. The topological polar surface area (TPSA) is 71.7 Å². The van der Waals surface area contributed by atoms with Crippen molar-refractivity contribution in [3.05, 3.63) is 46.8 Å². The van der Waals surface area contributed by atoms with Crippen LogP contribution in [0, 0.1) is 0 Å². The maximum atomic E-state index is 13.3. The molecule has 1 aromatic heterocycles. The van der Waals surface area contributed by atoms with Gasteiger partial charge in [-0.25, -0.2) is 4.99 Å². The van der Waals surface area contributed by atoms with Crippen LogP contribution in [0.3, 0.4) is 0 Å². The molecule has 0 atom stereocenters. The van der Waals surface area contributed by atoms with Crippen molar-refractivity contribution in [1.29, 1.82) is 0 Å². The van der Waals surface area contributed by atoms with Gasteiger partial charge in [0.25, 0.3) is 0 Å². The minimum atomic E-state index is -4.49. The van der Waals surface area contributed by atoms with Crippen molar-refractivity contribution < 1.29 is 22.4 Å². The number of benzene rings is 1. The zero-order valence-electron chi connectivity index (χ0n) is 16.4. The van der Waals surface area contributed by atoms with Gasteiger partial charge >= 0.3 is 6.18 Å². The molecule has 0 saturated carbocycles. The van der Waals surface area contributed by atoms with Gasteiger partial charge < -0.3 is 19.9 Å². The Labute approximate surface area is 162 Å². The molecule has 0 fully saturated rings. The Morgan fingerprint density at radius 1 is 1.25 bits per heavy atom. The Hall–Kier alpha value is -2.71. The van der Waals surface area contributed by atoms with Crippen LogP contribution in [0.1, 0.15) is 49.3 Å². The summed E-state index contributed by atoms with van der Waals surface area (Å²) >= 11 is 0. The Morgan fingerprint density at radius 2 is 2.00 bits per heavy atom. The van der Waals surface area contributed by atoms with Crippen molar-refractivity contribution in [1.82, 2.24) is 15.8 Å². The minimum absolute atomic E-state index is 0.0623.